The molecule has 1 fully saturated rings. The molecule has 1 saturated heterocycles. The molecule has 0 aliphatic carbocycles. The van der Waals surface area contributed by atoms with Crippen LogP contribution in [0, 0.1) is 0 Å². The highest BCUT2D eigenvalue weighted by Gasteiger charge is 2.15. The zero-order chi connectivity index (χ0) is 11.4. The van der Waals surface area contributed by atoms with Gasteiger partial charge in [0.25, 0.3) is 0 Å². The summed E-state index contributed by atoms with van der Waals surface area (Å²) >= 11 is 6.09. The summed E-state index contributed by atoms with van der Waals surface area (Å²) < 4.78 is 0. The first-order valence-electron chi connectivity index (χ1n) is 5.23. The van der Waals surface area contributed by atoms with Gasteiger partial charge in [-0.3, -0.25) is 4.90 Å². The predicted octanol–water partition coefficient (Wildman–Crippen LogP) is 1.46. The number of benzene rings is 1. The van der Waals surface area contributed by atoms with Crippen LogP contribution in [0.3, 0.4) is 0 Å². The van der Waals surface area contributed by atoms with Crippen LogP contribution in [-0.2, 0) is 11.3 Å². The Morgan fingerprint density at radius 3 is 3.00 bits per heavy atom. The van der Waals surface area contributed by atoms with Gasteiger partial charge >= 0.3 is 0 Å². The maximum atomic E-state index is 10.5. The van der Waals surface area contributed by atoms with Crippen molar-refractivity contribution in [2.24, 2.45) is 0 Å². The number of halogens is 1. The number of rotatable bonds is 2. The molecule has 2 rings (SSSR count). The first-order chi connectivity index (χ1) is 7.79. The first-order valence-corrected chi connectivity index (χ1v) is 5.61. The molecule has 0 atom stereocenters. The van der Waals surface area contributed by atoms with Crippen molar-refractivity contribution in [1.29, 1.82) is 0 Å². The molecule has 1 aromatic carbocycles. The molecule has 1 N–H and O–H groups in total. The van der Waals surface area contributed by atoms with Gasteiger partial charge in [0.05, 0.1) is 0 Å². The molecule has 1 aliphatic heterocycles. The lowest BCUT2D eigenvalue weighted by atomic mass is 10.2. The fraction of sp³-hybridized carbons (Fsp3) is 0.333. The number of carbonyl (C=O) groups excluding carboxylic acids is 1. The van der Waals surface area contributed by atoms with E-state index in [1.165, 1.54) is 0 Å². The van der Waals surface area contributed by atoms with Gasteiger partial charge in [-0.2, -0.15) is 0 Å². The van der Waals surface area contributed by atoms with Crippen molar-refractivity contribution < 1.29 is 4.79 Å². The average molecular weight is 237 g/mol. The number of nitrogens with one attached hydrogen (secondary N) is 1. The minimum Gasteiger partial charge on any atom is -0.377 e. The van der Waals surface area contributed by atoms with Crippen LogP contribution in [0.5, 0.6) is 0 Å². The lowest BCUT2D eigenvalue weighted by Gasteiger charge is -2.28. The summed E-state index contributed by atoms with van der Waals surface area (Å²) in [6.07, 6.45) is 0. The molecule has 3 nitrogen and oxygen atoms in total. The summed E-state index contributed by atoms with van der Waals surface area (Å²) in [6.45, 7) is 3.09. The smallest absolute Gasteiger partial charge is 0.146 e. The van der Waals surface area contributed by atoms with Crippen LogP contribution in [-0.4, -0.2) is 30.5 Å². The Hall–Kier alpha value is -1.28. The van der Waals surface area contributed by atoms with Crippen molar-refractivity contribution in [3.05, 3.63) is 40.5 Å². The van der Waals surface area contributed by atoms with Crippen LogP contribution >= 0.6 is 11.6 Å². The van der Waals surface area contributed by atoms with Crippen molar-refractivity contribution >= 4 is 17.5 Å². The van der Waals surface area contributed by atoms with Gasteiger partial charge in [-0.15, -0.1) is 0 Å². The average Bonchev–Trinajstić information content (AvgIpc) is 2.32. The Kier molecular flexibility index (Phi) is 3.62. The second kappa shape index (κ2) is 5.17. The summed E-state index contributed by atoms with van der Waals surface area (Å²) in [7, 11) is 0. The fourth-order valence-corrected chi connectivity index (χ4v) is 1.99. The van der Waals surface area contributed by atoms with Crippen molar-refractivity contribution in [3.8, 4) is 0 Å². The van der Waals surface area contributed by atoms with E-state index in [9.17, 15) is 4.79 Å². The van der Waals surface area contributed by atoms with E-state index in [1.807, 2.05) is 30.2 Å². The summed E-state index contributed by atoms with van der Waals surface area (Å²) in [6, 6.07) is 7.78. The van der Waals surface area contributed by atoms with Gasteiger partial charge in [0.15, 0.2) is 0 Å². The SMILES string of the molecule is O=C=C1CN(Cc2ccccc2Cl)CCN1. The minimum atomic E-state index is 0.620. The summed E-state index contributed by atoms with van der Waals surface area (Å²) in [5.74, 6) is 1.92. The predicted molar refractivity (Wildman–Crippen MR) is 63.9 cm³/mol. The molecule has 0 saturated carbocycles. The molecular weight excluding hydrogens is 224 g/mol. The third kappa shape index (κ3) is 2.64. The van der Waals surface area contributed by atoms with E-state index < -0.39 is 0 Å². The van der Waals surface area contributed by atoms with Crippen LogP contribution in [0.25, 0.3) is 0 Å². The van der Waals surface area contributed by atoms with Crippen molar-refractivity contribution in [2.75, 3.05) is 19.6 Å². The monoisotopic (exact) mass is 236 g/mol. The first kappa shape index (κ1) is 11.2. The van der Waals surface area contributed by atoms with Crippen LogP contribution < -0.4 is 5.32 Å². The van der Waals surface area contributed by atoms with Crippen LogP contribution in [0.4, 0.5) is 0 Å². The zero-order valence-corrected chi connectivity index (χ0v) is 9.63. The van der Waals surface area contributed by atoms with Gasteiger partial charge in [0.2, 0.25) is 0 Å². The largest absolute Gasteiger partial charge is 0.377 e. The number of hydrogen-bond donors (Lipinski definition) is 1. The Morgan fingerprint density at radius 2 is 2.25 bits per heavy atom. The summed E-state index contributed by atoms with van der Waals surface area (Å²) in [5.41, 5.74) is 1.72. The van der Waals surface area contributed by atoms with E-state index in [0.717, 1.165) is 30.2 Å². The lowest BCUT2D eigenvalue weighted by Crippen LogP contribution is -2.41. The van der Waals surface area contributed by atoms with Crippen molar-refractivity contribution in [3.63, 3.8) is 0 Å². The summed E-state index contributed by atoms with van der Waals surface area (Å²) in [5, 5.41) is 3.79. The van der Waals surface area contributed by atoms with Crippen molar-refractivity contribution in [2.45, 2.75) is 6.54 Å². The molecule has 0 radical (unpaired) electrons. The summed E-state index contributed by atoms with van der Waals surface area (Å²) in [4.78, 5) is 12.7. The molecule has 1 aromatic rings. The van der Waals surface area contributed by atoms with Gasteiger partial charge in [-0.25, -0.2) is 4.79 Å². The van der Waals surface area contributed by atoms with Crippen LogP contribution in [0.15, 0.2) is 30.0 Å². The number of piperazine rings is 1. The number of nitrogens with zero attached hydrogens (tertiary/aromatic N) is 1. The maximum absolute atomic E-state index is 10.5. The highest BCUT2D eigenvalue weighted by molar-refractivity contribution is 6.31. The van der Waals surface area contributed by atoms with Gasteiger partial charge < -0.3 is 5.32 Å². The lowest BCUT2D eigenvalue weighted by molar-refractivity contribution is 0.260. The molecular formula is C12H13ClN2O. The molecule has 4 heteroatoms. The second-order valence-corrected chi connectivity index (χ2v) is 4.22. The minimum absolute atomic E-state index is 0.620. The Bertz CT molecular complexity index is 427. The Balaban J connectivity index is 2.05. The van der Waals surface area contributed by atoms with Gasteiger partial charge in [0.1, 0.15) is 11.6 Å². The third-order valence-corrected chi connectivity index (χ3v) is 2.99. The molecule has 0 aromatic heterocycles. The van der Waals surface area contributed by atoms with E-state index >= 15 is 0 Å². The van der Waals surface area contributed by atoms with Crippen molar-refractivity contribution in [1.82, 2.24) is 10.2 Å². The maximum Gasteiger partial charge on any atom is 0.146 e. The quantitative estimate of drug-likeness (QED) is 0.790. The molecule has 1 aliphatic rings. The highest BCUT2D eigenvalue weighted by atomic mass is 35.5. The standard InChI is InChI=1S/C12H13ClN2O/c13-12-4-2-1-3-10(12)7-15-6-5-14-11(8-15)9-16/h1-4,14H,5-8H2. The molecule has 0 spiro atoms. The van der Waals surface area contributed by atoms with E-state index in [1.54, 1.807) is 0 Å². The van der Waals surface area contributed by atoms with Gasteiger partial charge in [0, 0.05) is 31.2 Å². The van der Waals surface area contributed by atoms with E-state index in [2.05, 4.69) is 10.2 Å². The Labute approximate surface area is 99.7 Å². The topological polar surface area (TPSA) is 32.3 Å². The van der Waals surface area contributed by atoms with Gasteiger partial charge in [-0.05, 0) is 11.6 Å². The van der Waals surface area contributed by atoms with Crippen LogP contribution in [0.1, 0.15) is 5.56 Å². The molecule has 0 amide bonds. The normalized spacial score (nSPS) is 16.7. The molecule has 84 valence electrons. The third-order valence-electron chi connectivity index (χ3n) is 2.62. The van der Waals surface area contributed by atoms with Gasteiger partial charge in [-0.1, -0.05) is 29.8 Å². The van der Waals surface area contributed by atoms with E-state index in [0.29, 0.717) is 12.2 Å². The second-order valence-electron chi connectivity index (χ2n) is 3.81. The molecule has 0 bridgehead atoms. The fourth-order valence-electron chi connectivity index (χ4n) is 1.79. The zero-order valence-electron chi connectivity index (χ0n) is 8.87. The van der Waals surface area contributed by atoms with E-state index in [4.69, 9.17) is 11.6 Å². The molecule has 16 heavy (non-hydrogen) atoms. The number of hydrogen-bond acceptors (Lipinski definition) is 3. The van der Waals surface area contributed by atoms with E-state index in [-0.39, 0.29) is 0 Å². The molecule has 1 heterocycles. The Morgan fingerprint density at radius 1 is 1.44 bits per heavy atom. The molecule has 0 unspecified atom stereocenters. The van der Waals surface area contributed by atoms with Crippen LogP contribution in [0.2, 0.25) is 5.02 Å². The highest BCUT2D eigenvalue weighted by Crippen LogP contribution is 2.17.